The molecule has 0 aromatic heterocycles. The van der Waals surface area contributed by atoms with Gasteiger partial charge in [0.25, 0.3) is 5.91 Å². The average Bonchev–Trinajstić information content (AvgIpc) is 2.73. The van der Waals surface area contributed by atoms with Gasteiger partial charge in [-0.25, -0.2) is 0 Å². The summed E-state index contributed by atoms with van der Waals surface area (Å²) < 4.78 is 0. The van der Waals surface area contributed by atoms with E-state index in [1.807, 2.05) is 32.0 Å². The minimum Gasteiger partial charge on any atom is -0.340 e. The third-order valence-corrected chi connectivity index (χ3v) is 4.50. The van der Waals surface area contributed by atoms with Gasteiger partial charge < -0.3 is 16.0 Å². The van der Waals surface area contributed by atoms with Crippen LogP contribution in [0.4, 0.5) is 11.4 Å². The SMILES string of the molecule is Cc1ccc(NC(=O)CC[C@H]2NC(=O)c3ccccc3NC2=O)cc1C. The number of aryl methyl sites for hydroxylation is 2. The Morgan fingerprint density at radius 2 is 1.85 bits per heavy atom. The quantitative estimate of drug-likeness (QED) is 0.791. The van der Waals surface area contributed by atoms with Gasteiger partial charge in [-0.15, -0.1) is 0 Å². The maximum atomic E-state index is 12.3. The van der Waals surface area contributed by atoms with E-state index in [2.05, 4.69) is 16.0 Å². The highest BCUT2D eigenvalue weighted by atomic mass is 16.2. The standard InChI is InChI=1S/C20H21N3O3/c1-12-7-8-14(11-13(12)2)21-18(24)10-9-17-20(26)22-16-6-4-3-5-15(16)19(25)23-17/h3-8,11,17H,9-10H2,1-2H3,(H,21,24)(H,22,26)(H,23,25)/t17-/m1/s1. The maximum Gasteiger partial charge on any atom is 0.254 e. The van der Waals surface area contributed by atoms with Gasteiger partial charge in [0.1, 0.15) is 6.04 Å². The van der Waals surface area contributed by atoms with Gasteiger partial charge in [0, 0.05) is 12.1 Å². The van der Waals surface area contributed by atoms with Crippen molar-refractivity contribution >= 4 is 29.1 Å². The van der Waals surface area contributed by atoms with E-state index in [9.17, 15) is 14.4 Å². The molecule has 1 aliphatic heterocycles. The fourth-order valence-corrected chi connectivity index (χ4v) is 2.83. The van der Waals surface area contributed by atoms with Gasteiger partial charge in [0.2, 0.25) is 11.8 Å². The molecule has 3 N–H and O–H groups in total. The maximum absolute atomic E-state index is 12.3. The van der Waals surface area contributed by atoms with Crippen LogP contribution in [0.25, 0.3) is 0 Å². The van der Waals surface area contributed by atoms with E-state index >= 15 is 0 Å². The topological polar surface area (TPSA) is 87.3 Å². The van der Waals surface area contributed by atoms with Crippen molar-refractivity contribution in [2.45, 2.75) is 32.7 Å². The van der Waals surface area contributed by atoms with Crippen LogP contribution in [0.15, 0.2) is 42.5 Å². The minimum atomic E-state index is -0.750. The van der Waals surface area contributed by atoms with Crippen LogP contribution in [0.2, 0.25) is 0 Å². The molecule has 0 saturated heterocycles. The van der Waals surface area contributed by atoms with Crippen LogP contribution < -0.4 is 16.0 Å². The van der Waals surface area contributed by atoms with Gasteiger partial charge in [-0.3, -0.25) is 14.4 Å². The Labute approximate surface area is 152 Å². The Balaban J connectivity index is 1.60. The van der Waals surface area contributed by atoms with Crippen molar-refractivity contribution < 1.29 is 14.4 Å². The molecule has 0 spiro atoms. The summed E-state index contributed by atoms with van der Waals surface area (Å²) in [7, 11) is 0. The number of rotatable bonds is 4. The van der Waals surface area contributed by atoms with Crippen molar-refractivity contribution in [2.75, 3.05) is 10.6 Å². The highest BCUT2D eigenvalue weighted by Gasteiger charge is 2.27. The molecule has 6 heteroatoms. The summed E-state index contributed by atoms with van der Waals surface area (Å²) >= 11 is 0. The third kappa shape index (κ3) is 3.91. The summed E-state index contributed by atoms with van der Waals surface area (Å²) in [6.07, 6.45) is 0.351. The molecule has 2 aromatic rings. The van der Waals surface area contributed by atoms with Crippen molar-refractivity contribution in [1.82, 2.24) is 5.32 Å². The highest BCUT2D eigenvalue weighted by Crippen LogP contribution is 2.19. The van der Waals surface area contributed by atoms with Crippen LogP contribution in [-0.4, -0.2) is 23.8 Å². The zero-order valence-corrected chi connectivity index (χ0v) is 14.8. The highest BCUT2D eigenvalue weighted by molar-refractivity contribution is 6.09. The second-order valence-corrected chi connectivity index (χ2v) is 6.45. The van der Waals surface area contributed by atoms with Crippen LogP contribution >= 0.6 is 0 Å². The first-order chi connectivity index (χ1) is 12.4. The molecule has 3 rings (SSSR count). The predicted molar refractivity (Wildman–Crippen MR) is 100 cm³/mol. The van der Waals surface area contributed by atoms with E-state index in [-0.39, 0.29) is 30.6 Å². The van der Waals surface area contributed by atoms with E-state index in [0.717, 1.165) is 16.8 Å². The second-order valence-electron chi connectivity index (χ2n) is 6.45. The van der Waals surface area contributed by atoms with Crippen molar-refractivity contribution in [3.8, 4) is 0 Å². The Morgan fingerprint density at radius 1 is 1.08 bits per heavy atom. The lowest BCUT2D eigenvalue weighted by atomic mass is 10.1. The van der Waals surface area contributed by atoms with Crippen LogP contribution in [0.5, 0.6) is 0 Å². The molecule has 1 aliphatic rings. The fraction of sp³-hybridized carbons (Fsp3) is 0.250. The summed E-state index contributed by atoms with van der Waals surface area (Å²) in [5.74, 6) is -0.835. The van der Waals surface area contributed by atoms with Gasteiger partial charge in [-0.1, -0.05) is 18.2 Å². The zero-order valence-electron chi connectivity index (χ0n) is 14.8. The molecule has 3 amide bonds. The van der Waals surface area contributed by atoms with Crippen LogP contribution in [-0.2, 0) is 9.59 Å². The molecule has 26 heavy (non-hydrogen) atoms. The van der Waals surface area contributed by atoms with Crippen molar-refractivity contribution in [3.63, 3.8) is 0 Å². The molecular formula is C20H21N3O3. The molecule has 1 atom stereocenters. The number of anilines is 2. The van der Waals surface area contributed by atoms with Gasteiger partial charge in [0.05, 0.1) is 11.3 Å². The number of carbonyl (C=O) groups is 3. The summed E-state index contributed by atoms with van der Waals surface area (Å²) in [6.45, 7) is 3.99. The smallest absolute Gasteiger partial charge is 0.254 e. The van der Waals surface area contributed by atoms with Crippen molar-refractivity contribution in [3.05, 3.63) is 59.2 Å². The molecule has 0 fully saturated rings. The molecule has 1 heterocycles. The van der Waals surface area contributed by atoms with E-state index in [1.54, 1.807) is 24.3 Å². The monoisotopic (exact) mass is 351 g/mol. The van der Waals surface area contributed by atoms with Crippen molar-refractivity contribution in [2.24, 2.45) is 0 Å². The number of amides is 3. The molecule has 0 radical (unpaired) electrons. The Morgan fingerprint density at radius 3 is 2.62 bits per heavy atom. The molecular weight excluding hydrogens is 330 g/mol. The molecule has 134 valence electrons. The Hall–Kier alpha value is -3.15. The third-order valence-electron chi connectivity index (χ3n) is 4.50. The lowest BCUT2D eigenvalue weighted by Gasteiger charge is -2.14. The molecule has 0 bridgehead atoms. The van der Waals surface area contributed by atoms with Crippen LogP contribution in [0.1, 0.15) is 34.3 Å². The molecule has 0 unspecified atom stereocenters. The van der Waals surface area contributed by atoms with Crippen LogP contribution in [0, 0.1) is 13.8 Å². The molecule has 2 aromatic carbocycles. The van der Waals surface area contributed by atoms with Gasteiger partial charge in [-0.2, -0.15) is 0 Å². The lowest BCUT2D eigenvalue weighted by molar-refractivity contribution is -0.118. The average molecular weight is 351 g/mol. The first-order valence-electron chi connectivity index (χ1n) is 8.52. The number of hydrogen-bond donors (Lipinski definition) is 3. The Bertz CT molecular complexity index is 876. The number of hydrogen-bond acceptors (Lipinski definition) is 3. The van der Waals surface area contributed by atoms with E-state index < -0.39 is 6.04 Å². The number of benzene rings is 2. The van der Waals surface area contributed by atoms with E-state index in [4.69, 9.17) is 0 Å². The number of nitrogens with one attached hydrogen (secondary N) is 3. The van der Waals surface area contributed by atoms with Gasteiger partial charge in [0.15, 0.2) is 0 Å². The number of para-hydroxylation sites is 1. The summed E-state index contributed by atoms with van der Waals surface area (Å²) in [4.78, 5) is 36.8. The zero-order chi connectivity index (χ0) is 18.7. The van der Waals surface area contributed by atoms with E-state index in [1.165, 1.54) is 0 Å². The number of carbonyl (C=O) groups excluding carboxylic acids is 3. The van der Waals surface area contributed by atoms with Gasteiger partial charge in [-0.05, 0) is 55.7 Å². The molecule has 6 nitrogen and oxygen atoms in total. The second kappa shape index (κ2) is 7.39. The Kier molecular flexibility index (Phi) is 5.02. The van der Waals surface area contributed by atoms with Crippen LogP contribution in [0.3, 0.4) is 0 Å². The minimum absolute atomic E-state index is 0.127. The number of fused-ring (bicyclic) bond motifs is 1. The van der Waals surface area contributed by atoms with Crippen molar-refractivity contribution in [1.29, 1.82) is 0 Å². The summed E-state index contributed by atoms with van der Waals surface area (Å²) in [6, 6.07) is 11.8. The van der Waals surface area contributed by atoms with E-state index in [0.29, 0.717) is 11.3 Å². The first-order valence-corrected chi connectivity index (χ1v) is 8.52. The van der Waals surface area contributed by atoms with Gasteiger partial charge >= 0.3 is 0 Å². The lowest BCUT2D eigenvalue weighted by Crippen LogP contribution is -2.41. The normalized spacial score (nSPS) is 16.2. The largest absolute Gasteiger partial charge is 0.340 e. The molecule has 0 saturated carbocycles. The fourth-order valence-electron chi connectivity index (χ4n) is 2.83. The predicted octanol–water partition coefficient (Wildman–Crippen LogP) is 2.77. The summed E-state index contributed by atoms with van der Waals surface area (Å²) in [5, 5.41) is 8.25. The summed E-state index contributed by atoms with van der Waals surface area (Å²) in [5.41, 5.74) is 3.87. The first kappa shape index (κ1) is 17.7. The molecule has 0 aliphatic carbocycles.